The van der Waals surface area contributed by atoms with Crippen LogP contribution in [0.25, 0.3) is 0 Å². The quantitative estimate of drug-likeness (QED) is 0.839. The molecule has 0 spiro atoms. The van der Waals surface area contributed by atoms with E-state index < -0.39 is 6.10 Å². The Hall–Kier alpha value is -0.280. The summed E-state index contributed by atoms with van der Waals surface area (Å²) < 4.78 is 0. The van der Waals surface area contributed by atoms with Crippen molar-refractivity contribution in [3.05, 3.63) is 33.8 Å². The van der Waals surface area contributed by atoms with Crippen LogP contribution in [0.15, 0.2) is 18.2 Å². The van der Waals surface area contributed by atoms with E-state index in [9.17, 15) is 5.11 Å². The molecule has 0 heterocycles. The molecule has 1 aromatic rings. The van der Waals surface area contributed by atoms with Crippen molar-refractivity contribution in [2.24, 2.45) is 0 Å². The smallest absolute Gasteiger partial charge is 0.0802 e. The molecule has 4 heteroatoms. The molecule has 0 aromatic heterocycles. The summed E-state index contributed by atoms with van der Waals surface area (Å²) in [7, 11) is 1.85. The molecule has 1 aromatic carbocycles. The molecule has 1 atom stereocenters. The zero-order chi connectivity index (χ0) is 10.6. The van der Waals surface area contributed by atoms with Gasteiger partial charge in [0.1, 0.15) is 0 Å². The average molecular weight is 234 g/mol. The van der Waals surface area contributed by atoms with Gasteiger partial charge in [0.15, 0.2) is 0 Å². The van der Waals surface area contributed by atoms with Crippen molar-refractivity contribution in [3.8, 4) is 0 Å². The molecule has 0 aliphatic heterocycles. The Kier molecular flexibility index (Phi) is 4.69. The molecule has 0 radical (unpaired) electrons. The Morgan fingerprint density at radius 1 is 1.36 bits per heavy atom. The van der Waals surface area contributed by atoms with Crippen LogP contribution in [-0.4, -0.2) is 18.7 Å². The van der Waals surface area contributed by atoms with Crippen molar-refractivity contribution in [2.45, 2.75) is 12.5 Å². The topological polar surface area (TPSA) is 32.3 Å². The van der Waals surface area contributed by atoms with E-state index in [-0.39, 0.29) is 0 Å². The number of hydrogen-bond donors (Lipinski definition) is 2. The fourth-order valence-electron chi connectivity index (χ4n) is 1.17. The molecule has 2 N–H and O–H groups in total. The molecular weight excluding hydrogens is 221 g/mol. The lowest BCUT2D eigenvalue weighted by Crippen LogP contribution is -2.11. The molecule has 0 fully saturated rings. The van der Waals surface area contributed by atoms with Gasteiger partial charge in [-0.05, 0) is 37.7 Å². The van der Waals surface area contributed by atoms with Crippen molar-refractivity contribution in [2.75, 3.05) is 13.6 Å². The predicted molar refractivity (Wildman–Crippen MR) is 60.0 cm³/mol. The Labute approximate surface area is 93.8 Å². The lowest BCUT2D eigenvalue weighted by molar-refractivity contribution is 0.168. The number of hydrogen-bond acceptors (Lipinski definition) is 2. The normalized spacial score (nSPS) is 12.9. The first-order chi connectivity index (χ1) is 6.65. The summed E-state index contributed by atoms with van der Waals surface area (Å²) in [6.07, 6.45) is 0.172. The third kappa shape index (κ3) is 3.14. The zero-order valence-electron chi connectivity index (χ0n) is 7.93. The Morgan fingerprint density at radius 2 is 2.07 bits per heavy atom. The van der Waals surface area contributed by atoms with Crippen LogP contribution >= 0.6 is 23.2 Å². The molecule has 0 aliphatic carbocycles. The molecule has 78 valence electrons. The van der Waals surface area contributed by atoms with Crippen LogP contribution in [0.3, 0.4) is 0 Å². The van der Waals surface area contributed by atoms with Gasteiger partial charge >= 0.3 is 0 Å². The van der Waals surface area contributed by atoms with Crippen molar-refractivity contribution in [3.63, 3.8) is 0 Å². The fraction of sp³-hybridized carbons (Fsp3) is 0.400. The number of benzene rings is 1. The van der Waals surface area contributed by atoms with Crippen LogP contribution in [-0.2, 0) is 0 Å². The molecule has 0 aliphatic rings. The van der Waals surface area contributed by atoms with Gasteiger partial charge in [-0.1, -0.05) is 29.3 Å². The second-order valence-corrected chi connectivity index (χ2v) is 3.90. The van der Waals surface area contributed by atoms with Gasteiger partial charge in [0.25, 0.3) is 0 Å². The second kappa shape index (κ2) is 5.56. The van der Waals surface area contributed by atoms with E-state index in [0.29, 0.717) is 16.5 Å². The first-order valence-corrected chi connectivity index (χ1v) is 5.18. The standard InChI is InChI=1S/C10H13Cl2NO/c1-13-5-4-10(14)7-2-3-8(11)9(12)6-7/h2-3,6,10,13-14H,4-5H2,1H3. The molecule has 1 rings (SSSR count). The van der Waals surface area contributed by atoms with Crippen LogP contribution in [0.2, 0.25) is 10.0 Å². The molecule has 1 unspecified atom stereocenters. The SMILES string of the molecule is CNCCC(O)c1ccc(Cl)c(Cl)c1. The van der Waals surface area contributed by atoms with Crippen molar-refractivity contribution >= 4 is 23.2 Å². The lowest BCUT2D eigenvalue weighted by Gasteiger charge is -2.11. The van der Waals surface area contributed by atoms with Crippen LogP contribution in [0.4, 0.5) is 0 Å². The van der Waals surface area contributed by atoms with Gasteiger partial charge in [0, 0.05) is 0 Å². The summed E-state index contributed by atoms with van der Waals surface area (Å²) in [6.45, 7) is 0.765. The van der Waals surface area contributed by atoms with Crippen LogP contribution < -0.4 is 5.32 Å². The highest BCUT2D eigenvalue weighted by Gasteiger charge is 2.08. The lowest BCUT2D eigenvalue weighted by atomic mass is 10.1. The minimum atomic E-state index is -0.489. The van der Waals surface area contributed by atoms with E-state index in [4.69, 9.17) is 23.2 Å². The Bertz CT molecular complexity index is 304. The maximum Gasteiger partial charge on any atom is 0.0802 e. The zero-order valence-corrected chi connectivity index (χ0v) is 9.44. The largest absolute Gasteiger partial charge is 0.388 e. The van der Waals surface area contributed by atoms with E-state index in [1.165, 1.54) is 0 Å². The van der Waals surface area contributed by atoms with Gasteiger partial charge in [-0.2, -0.15) is 0 Å². The van der Waals surface area contributed by atoms with Crippen molar-refractivity contribution < 1.29 is 5.11 Å². The maximum absolute atomic E-state index is 9.73. The van der Waals surface area contributed by atoms with Gasteiger partial charge in [-0.25, -0.2) is 0 Å². The molecule has 0 saturated carbocycles. The van der Waals surface area contributed by atoms with Crippen LogP contribution in [0, 0.1) is 0 Å². The van der Waals surface area contributed by atoms with Gasteiger partial charge in [0.05, 0.1) is 16.1 Å². The Balaban J connectivity index is 2.70. The van der Waals surface area contributed by atoms with E-state index >= 15 is 0 Å². The molecule has 2 nitrogen and oxygen atoms in total. The van der Waals surface area contributed by atoms with Gasteiger partial charge < -0.3 is 10.4 Å². The molecule has 14 heavy (non-hydrogen) atoms. The van der Waals surface area contributed by atoms with Crippen molar-refractivity contribution in [1.29, 1.82) is 0 Å². The molecule has 0 bridgehead atoms. The van der Waals surface area contributed by atoms with Gasteiger partial charge in [0.2, 0.25) is 0 Å². The minimum Gasteiger partial charge on any atom is -0.388 e. The Morgan fingerprint density at radius 3 is 2.64 bits per heavy atom. The summed E-state index contributed by atoms with van der Waals surface area (Å²) >= 11 is 11.6. The molecule has 0 saturated heterocycles. The predicted octanol–water partition coefficient (Wildman–Crippen LogP) is 2.64. The first kappa shape index (κ1) is 11.8. The summed E-state index contributed by atoms with van der Waals surface area (Å²) in [6, 6.07) is 5.18. The molecule has 0 amide bonds. The summed E-state index contributed by atoms with van der Waals surface area (Å²) in [5.41, 5.74) is 0.801. The third-order valence-corrected chi connectivity index (χ3v) is 2.74. The van der Waals surface area contributed by atoms with E-state index in [2.05, 4.69) is 5.32 Å². The first-order valence-electron chi connectivity index (χ1n) is 4.42. The second-order valence-electron chi connectivity index (χ2n) is 3.08. The number of rotatable bonds is 4. The summed E-state index contributed by atoms with van der Waals surface area (Å²) in [5.74, 6) is 0. The molecular formula is C10H13Cl2NO. The fourth-order valence-corrected chi connectivity index (χ4v) is 1.47. The number of aliphatic hydroxyl groups excluding tert-OH is 1. The van der Waals surface area contributed by atoms with Crippen LogP contribution in [0.1, 0.15) is 18.1 Å². The highest BCUT2D eigenvalue weighted by atomic mass is 35.5. The number of halogens is 2. The maximum atomic E-state index is 9.73. The van der Waals surface area contributed by atoms with Crippen LogP contribution in [0.5, 0.6) is 0 Å². The summed E-state index contributed by atoms with van der Waals surface area (Å²) in [4.78, 5) is 0. The monoisotopic (exact) mass is 233 g/mol. The highest BCUT2D eigenvalue weighted by Crippen LogP contribution is 2.26. The van der Waals surface area contributed by atoms with E-state index in [0.717, 1.165) is 12.1 Å². The van der Waals surface area contributed by atoms with Crippen molar-refractivity contribution in [1.82, 2.24) is 5.32 Å². The number of nitrogens with one attached hydrogen (secondary N) is 1. The number of aliphatic hydroxyl groups is 1. The van der Waals surface area contributed by atoms with E-state index in [1.54, 1.807) is 18.2 Å². The van der Waals surface area contributed by atoms with E-state index in [1.807, 2.05) is 7.05 Å². The minimum absolute atomic E-state index is 0.479. The van der Waals surface area contributed by atoms with Gasteiger partial charge in [-0.3, -0.25) is 0 Å². The average Bonchev–Trinajstić information content (AvgIpc) is 2.18. The van der Waals surface area contributed by atoms with Gasteiger partial charge in [-0.15, -0.1) is 0 Å². The summed E-state index contributed by atoms with van der Waals surface area (Å²) in [5, 5.41) is 13.7. The highest BCUT2D eigenvalue weighted by molar-refractivity contribution is 6.42. The third-order valence-electron chi connectivity index (χ3n) is 2.00.